The maximum absolute atomic E-state index is 13.3. The van der Waals surface area contributed by atoms with Crippen molar-refractivity contribution in [1.82, 2.24) is 0 Å². The molecule has 7 heteroatoms. The fourth-order valence-electron chi connectivity index (χ4n) is 3.62. The number of ketones is 1. The Bertz CT molecular complexity index is 609. The minimum Gasteiger partial charge on any atom is -0.466 e. The van der Waals surface area contributed by atoms with E-state index in [2.05, 4.69) is 0 Å². The molecule has 0 radical (unpaired) electrons. The van der Waals surface area contributed by atoms with E-state index in [-0.39, 0.29) is 13.2 Å². The molecule has 2 bridgehead atoms. The molecule has 0 aromatic heterocycles. The van der Waals surface area contributed by atoms with Gasteiger partial charge in [-0.15, -0.1) is 0 Å². The van der Waals surface area contributed by atoms with E-state index in [1.165, 1.54) is 26.4 Å². The number of ether oxygens (including phenoxy) is 4. The first-order valence-electron chi connectivity index (χ1n) is 8.29. The van der Waals surface area contributed by atoms with Gasteiger partial charge in [0.05, 0.1) is 19.1 Å². The molecule has 0 aromatic rings. The first kappa shape index (κ1) is 19.3. The summed E-state index contributed by atoms with van der Waals surface area (Å²) < 4.78 is 21.0. The molecule has 0 aliphatic heterocycles. The highest BCUT2D eigenvalue weighted by atomic mass is 16.5. The van der Waals surface area contributed by atoms with Crippen LogP contribution in [0.4, 0.5) is 0 Å². The zero-order chi connectivity index (χ0) is 18.7. The Balaban J connectivity index is 2.42. The lowest BCUT2D eigenvalue weighted by Crippen LogP contribution is -2.68. The number of methoxy groups -OCH3 is 2. The van der Waals surface area contributed by atoms with Gasteiger partial charge in [-0.3, -0.25) is 9.59 Å². The van der Waals surface area contributed by atoms with Gasteiger partial charge in [-0.1, -0.05) is 6.08 Å². The summed E-state index contributed by atoms with van der Waals surface area (Å²) in [5.41, 5.74) is -2.86. The lowest BCUT2D eigenvalue weighted by atomic mass is 9.57. The van der Waals surface area contributed by atoms with E-state index in [1.807, 2.05) is 0 Å². The molecule has 0 unspecified atom stereocenters. The monoisotopic (exact) mass is 352 g/mol. The molecule has 3 aliphatic carbocycles. The van der Waals surface area contributed by atoms with Gasteiger partial charge in [-0.25, -0.2) is 4.79 Å². The Kier molecular flexibility index (Phi) is 5.80. The van der Waals surface area contributed by atoms with Gasteiger partial charge in [0, 0.05) is 26.2 Å². The van der Waals surface area contributed by atoms with Crippen LogP contribution in [0.2, 0.25) is 0 Å². The van der Waals surface area contributed by atoms with Crippen LogP contribution in [0, 0.1) is 11.8 Å². The van der Waals surface area contributed by atoms with Crippen LogP contribution in [0.3, 0.4) is 0 Å². The highest BCUT2D eigenvalue weighted by molar-refractivity contribution is 6.05. The Morgan fingerprint density at radius 2 is 1.88 bits per heavy atom. The van der Waals surface area contributed by atoms with Crippen molar-refractivity contribution in [1.29, 1.82) is 0 Å². The fourth-order valence-corrected chi connectivity index (χ4v) is 3.62. The molecule has 25 heavy (non-hydrogen) atoms. The van der Waals surface area contributed by atoms with Crippen LogP contribution in [0.15, 0.2) is 24.3 Å². The van der Waals surface area contributed by atoms with Gasteiger partial charge in [0.25, 0.3) is 0 Å². The SMILES string of the molecule is CCOC(=O)/C=C/[C@@]1(OC)C(=O)[C@@]2(OC)C=C[C@@H]1C[C@@H]2C(=O)OCC. The second-order valence-electron chi connectivity index (χ2n) is 5.91. The molecular weight excluding hydrogens is 328 g/mol. The summed E-state index contributed by atoms with van der Waals surface area (Å²) in [6, 6.07) is 0. The van der Waals surface area contributed by atoms with Gasteiger partial charge in [0.2, 0.25) is 5.78 Å². The topological polar surface area (TPSA) is 88.1 Å². The summed E-state index contributed by atoms with van der Waals surface area (Å²) in [5.74, 6) is -2.64. The van der Waals surface area contributed by atoms with Gasteiger partial charge >= 0.3 is 11.9 Å². The van der Waals surface area contributed by atoms with Crippen molar-refractivity contribution in [2.75, 3.05) is 27.4 Å². The third-order valence-electron chi connectivity index (χ3n) is 4.84. The van der Waals surface area contributed by atoms with Crippen molar-refractivity contribution < 1.29 is 33.3 Å². The third kappa shape index (κ3) is 3.02. The van der Waals surface area contributed by atoms with Gasteiger partial charge in [-0.2, -0.15) is 0 Å². The van der Waals surface area contributed by atoms with Crippen LogP contribution in [-0.2, 0) is 33.3 Å². The van der Waals surface area contributed by atoms with E-state index < -0.39 is 40.8 Å². The van der Waals surface area contributed by atoms with E-state index in [9.17, 15) is 14.4 Å². The molecule has 0 aromatic carbocycles. The summed E-state index contributed by atoms with van der Waals surface area (Å²) >= 11 is 0. The fraction of sp³-hybridized carbons (Fsp3) is 0.611. The quantitative estimate of drug-likeness (QED) is 0.387. The number of Topliss-reactive ketones (excluding diaryl/α,β-unsaturated/α-hetero) is 1. The molecule has 3 rings (SSSR count). The molecule has 1 saturated carbocycles. The molecule has 0 heterocycles. The Morgan fingerprint density at radius 3 is 2.44 bits per heavy atom. The number of fused-ring (bicyclic) bond motifs is 2. The molecule has 7 nitrogen and oxygen atoms in total. The zero-order valence-corrected chi connectivity index (χ0v) is 14.9. The van der Waals surface area contributed by atoms with E-state index in [0.717, 1.165) is 0 Å². The van der Waals surface area contributed by atoms with Crippen LogP contribution < -0.4 is 0 Å². The maximum atomic E-state index is 13.3. The zero-order valence-electron chi connectivity index (χ0n) is 14.9. The van der Waals surface area contributed by atoms with Crippen LogP contribution in [0.1, 0.15) is 20.3 Å². The Hall–Kier alpha value is -1.99. The lowest BCUT2D eigenvalue weighted by molar-refractivity contribution is -0.188. The van der Waals surface area contributed by atoms with Gasteiger partial charge in [0.15, 0.2) is 11.2 Å². The summed E-state index contributed by atoms with van der Waals surface area (Å²) in [5, 5.41) is 0. The van der Waals surface area contributed by atoms with Crippen molar-refractivity contribution >= 4 is 17.7 Å². The number of hydrogen-bond acceptors (Lipinski definition) is 7. The lowest BCUT2D eigenvalue weighted by Gasteiger charge is -2.52. The summed E-state index contributed by atoms with van der Waals surface area (Å²) in [4.78, 5) is 37.3. The highest BCUT2D eigenvalue weighted by Gasteiger charge is 2.65. The van der Waals surface area contributed by atoms with Crippen molar-refractivity contribution in [3.63, 3.8) is 0 Å². The van der Waals surface area contributed by atoms with Crippen LogP contribution in [0.25, 0.3) is 0 Å². The van der Waals surface area contributed by atoms with Gasteiger partial charge in [0.1, 0.15) is 0 Å². The summed E-state index contributed by atoms with van der Waals surface area (Å²) in [7, 11) is 2.76. The van der Waals surface area contributed by atoms with Gasteiger partial charge in [-0.05, 0) is 32.4 Å². The normalized spacial score (nSPS) is 33.7. The minimum atomic E-state index is -1.48. The Morgan fingerprint density at radius 1 is 1.20 bits per heavy atom. The standard InChI is InChI=1S/C18H24O7/c1-5-24-14(19)8-10-17(22-3)12-7-9-18(23-4,16(17)21)13(11-12)15(20)25-6-2/h7-10,12-13H,5-6,11H2,1-4H3/b10-8+/t12-,13-,17+,18-/m1/s1. The number of esters is 2. The first-order chi connectivity index (χ1) is 11.9. The van der Waals surface area contributed by atoms with Crippen LogP contribution in [0.5, 0.6) is 0 Å². The molecule has 138 valence electrons. The minimum absolute atomic E-state index is 0.218. The summed E-state index contributed by atoms with van der Waals surface area (Å²) in [6.07, 6.45) is 6.29. The number of carbonyl (C=O) groups excluding carboxylic acids is 3. The van der Waals surface area contributed by atoms with Crippen molar-refractivity contribution in [3.05, 3.63) is 24.3 Å². The number of hydrogen-bond donors (Lipinski definition) is 0. The van der Waals surface area contributed by atoms with E-state index >= 15 is 0 Å². The molecular formula is C18H24O7. The number of rotatable bonds is 7. The average Bonchev–Trinajstić information content (AvgIpc) is 2.62. The molecule has 1 fully saturated rings. The molecule has 4 atom stereocenters. The van der Waals surface area contributed by atoms with Crippen LogP contribution >= 0.6 is 0 Å². The summed E-state index contributed by atoms with van der Waals surface area (Å²) in [6.45, 7) is 3.85. The number of carbonyl (C=O) groups is 3. The van der Waals surface area contributed by atoms with Crippen molar-refractivity contribution in [2.24, 2.45) is 11.8 Å². The Labute approximate surface area is 146 Å². The second-order valence-corrected chi connectivity index (χ2v) is 5.91. The van der Waals surface area contributed by atoms with E-state index in [1.54, 1.807) is 26.0 Å². The molecule has 3 aliphatic rings. The average molecular weight is 352 g/mol. The predicted molar refractivity (Wildman–Crippen MR) is 87.6 cm³/mol. The second kappa shape index (κ2) is 7.49. The van der Waals surface area contributed by atoms with E-state index in [4.69, 9.17) is 18.9 Å². The molecule has 0 N–H and O–H groups in total. The largest absolute Gasteiger partial charge is 0.466 e. The predicted octanol–water partition coefficient (Wildman–Crippen LogP) is 1.21. The van der Waals surface area contributed by atoms with Crippen molar-refractivity contribution in [2.45, 2.75) is 31.5 Å². The smallest absolute Gasteiger partial charge is 0.330 e. The van der Waals surface area contributed by atoms with E-state index in [0.29, 0.717) is 6.42 Å². The third-order valence-corrected chi connectivity index (χ3v) is 4.84. The van der Waals surface area contributed by atoms with Gasteiger partial charge < -0.3 is 18.9 Å². The van der Waals surface area contributed by atoms with Crippen molar-refractivity contribution in [3.8, 4) is 0 Å². The molecule has 0 spiro atoms. The highest BCUT2D eigenvalue weighted by Crippen LogP contribution is 2.50. The molecule has 0 amide bonds. The molecule has 0 saturated heterocycles. The van der Waals surface area contributed by atoms with Crippen LogP contribution in [-0.4, -0.2) is 56.4 Å². The maximum Gasteiger partial charge on any atom is 0.330 e. The first-order valence-corrected chi connectivity index (χ1v) is 8.29.